The molecule has 3 aromatic rings. The lowest BCUT2D eigenvalue weighted by molar-refractivity contribution is -0.110. The second-order valence-corrected chi connectivity index (χ2v) is 6.26. The Hall–Kier alpha value is -2.29. The molecule has 7 nitrogen and oxygen atoms in total. The Morgan fingerprint density at radius 1 is 1.33 bits per heavy atom. The van der Waals surface area contributed by atoms with Crippen LogP contribution in [0.2, 0.25) is 0 Å². The van der Waals surface area contributed by atoms with Crippen LogP contribution in [-0.2, 0) is 9.47 Å². The predicted octanol–water partition coefficient (Wildman–Crippen LogP) is 1.60. The fourth-order valence-electron chi connectivity index (χ4n) is 2.46. The molecule has 0 saturated heterocycles. The summed E-state index contributed by atoms with van der Waals surface area (Å²) >= 11 is 1.41. The van der Waals surface area contributed by atoms with E-state index in [1.807, 2.05) is 24.3 Å². The van der Waals surface area contributed by atoms with Crippen molar-refractivity contribution in [2.75, 3.05) is 27.8 Å². The molecule has 2 aromatic heterocycles. The van der Waals surface area contributed by atoms with Gasteiger partial charge in [0.2, 0.25) is 0 Å². The second kappa shape index (κ2) is 6.68. The molecule has 2 heterocycles. The van der Waals surface area contributed by atoms with Crippen molar-refractivity contribution in [1.29, 1.82) is 0 Å². The summed E-state index contributed by atoms with van der Waals surface area (Å²) in [5, 5.41) is 0. The third kappa shape index (κ3) is 2.79. The van der Waals surface area contributed by atoms with E-state index in [9.17, 15) is 9.59 Å². The number of thiazole rings is 1. The summed E-state index contributed by atoms with van der Waals surface area (Å²) in [5.74, 6) is -0.420. The highest BCUT2D eigenvalue weighted by molar-refractivity contribution is 7.23. The lowest BCUT2D eigenvalue weighted by atomic mass is 10.3. The number of hydrogen-bond donors (Lipinski definition) is 0. The van der Waals surface area contributed by atoms with Crippen LogP contribution in [0.4, 0.5) is 0 Å². The van der Waals surface area contributed by atoms with Gasteiger partial charge in [-0.25, -0.2) is 4.98 Å². The van der Waals surface area contributed by atoms with E-state index >= 15 is 0 Å². The van der Waals surface area contributed by atoms with Gasteiger partial charge in [0, 0.05) is 27.5 Å². The minimum absolute atomic E-state index is 0.0181. The number of rotatable bonds is 5. The zero-order chi connectivity index (χ0) is 17.3. The first-order valence-corrected chi connectivity index (χ1v) is 8.08. The Balaban J connectivity index is 2.03. The number of fused-ring (bicyclic) bond motifs is 3. The van der Waals surface area contributed by atoms with Gasteiger partial charge in [-0.2, -0.15) is 0 Å². The van der Waals surface area contributed by atoms with Crippen molar-refractivity contribution in [2.24, 2.45) is 0 Å². The molecular formula is C16H17N3O4S. The number of benzene rings is 1. The molecule has 1 aromatic carbocycles. The van der Waals surface area contributed by atoms with Gasteiger partial charge in [-0.15, -0.1) is 0 Å². The first kappa shape index (κ1) is 16.6. The molecule has 0 bridgehead atoms. The maximum absolute atomic E-state index is 12.8. The quantitative estimate of drug-likeness (QED) is 0.656. The smallest absolute Gasteiger partial charge is 0.271 e. The van der Waals surface area contributed by atoms with E-state index in [1.54, 1.807) is 7.05 Å². The number of likely N-dealkylation sites (N-methyl/N-ethyl adjacent to an activating group) is 1. The second-order valence-electron chi connectivity index (χ2n) is 5.25. The molecule has 0 fully saturated rings. The van der Waals surface area contributed by atoms with Crippen LogP contribution >= 0.6 is 11.3 Å². The van der Waals surface area contributed by atoms with Crippen molar-refractivity contribution in [1.82, 2.24) is 14.3 Å². The Morgan fingerprint density at radius 3 is 2.75 bits per heavy atom. The van der Waals surface area contributed by atoms with Gasteiger partial charge in [-0.1, -0.05) is 23.5 Å². The third-order valence-electron chi connectivity index (χ3n) is 3.76. The largest absolute Gasteiger partial charge is 0.354 e. The van der Waals surface area contributed by atoms with E-state index in [2.05, 4.69) is 4.98 Å². The number of para-hydroxylation sites is 1. The molecule has 126 valence electrons. The molecule has 3 rings (SSSR count). The fraction of sp³-hybridized carbons (Fsp3) is 0.312. The SMILES string of the molecule is COC(CN(C)C(=O)c1cnc2sc3ccccc3n2c1=O)OC. The highest BCUT2D eigenvalue weighted by Crippen LogP contribution is 2.23. The molecule has 0 atom stereocenters. The number of aromatic nitrogens is 2. The zero-order valence-electron chi connectivity index (χ0n) is 13.6. The molecule has 0 aliphatic rings. The zero-order valence-corrected chi connectivity index (χ0v) is 14.4. The van der Waals surface area contributed by atoms with Gasteiger partial charge in [0.25, 0.3) is 11.5 Å². The third-order valence-corrected chi connectivity index (χ3v) is 4.80. The normalized spacial score (nSPS) is 11.5. The van der Waals surface area contributed by atoms with Crippen molar-refractivity contribution in [2.45, 2.75) is 6.29 Å². The van der Waals surface area contributed by atoms with Gasteiger partial charge in [0.05, 0.1) is 16.8 Å². The maximum Gasteiger partial charge on any atom is 0.271 e. The van der Waals surface area contributed by atoms with Crippen molar-refractivity contribution < 1.29 is 14.3 Å². The van der Waals surface area contributed by atoms with E-state index in [-0.39, 0.29) is 17.7 Å². The Labute approximate surface area is 142 Å². The lowest BCUT2D eigenvalue weighted by Gasteiger charge is -2.21. The summed E-state index contributed by atoms with van der Waals surface area (Å²) in [5.41, 5.74) is 0.393. The van der Waals surface area contributed by atoms with E-state index in [0.29, 0.717) is 4.96 Å². The fourth-order valence-corrected chi connectivity index (χ4v) is 3.44. The lowest BCUT2D eigenvalue weighted by Crippen LogP contribution is -2.38. The van der Waals surface area contributed by atoms with Crippen molar-refractivity contribution >= 4 is 32.4 Å². The van der Waals surface area contributed by atoms with Gasteiger partial charge >= 0.3 is 0 Å². The van der Waals surface area contributed by atoms with Crippen LogP contribution in [0.25, 0.3) is 15.2 Å². The maximum atomic E-state index is 12.8. The predicted molar refractivity (Wildman–Crippen MR) is 91.6 cm³/mol. The monoisotopic (exact) mass is 347 g/mol. The van der Waals surface area contributed by atoms with Crippen LogP contribution in [0.1, 0.15) is 10.4 Å². The first-order chi connectivity index (χ1) is 11.6. The molecule has 24 heavy (non-hydrogen) atoms. The molecule has 8 heteroatoms. The Bertz CT molecular complexity index is 945. The number of carbonyl (C=O) groups is 1. The summed E-state index contributed by atoms with van der Waals surface area (Å²) < 4.78 is 12.6. The van der Waals surface area contributed by atoms with E-state index < -0.39 is 12.2 Å². The highest BCUT2D eigenvalue weighted by Gasteiger charge is 2.21. The van der Waals surface area contributed by atoms with Gasteiger partial charge < -0.3 is 14.4 Å². The van der Waals surface area contributed by atoms with Crippen LogP contribution in [0.15, 0.2) is 35.3 Å². The van der Waals surface area contributed by atoms with Gasteiger partial charge in [0.15, 0.2) is 11.3 Å². The summed E-state index contributed by atoms with van der Waals surface area (Å²) in [6, 6.07) is 7.51. The molecule has 0 aliphatic carbocycles. The highest BCUT2D eigenvalue weighted by atomic mass is 32.1. The minimum atomic E-state index is -0.555. The first-order valence-electron chi connectivity index (χ1n) is 7.27. The standard InChI is InChI=1S/C16H17N3O4S/c1-18(9-13(22-2)23-3)14(20)10-8-17-16-19(15(10)21)11-6-4-5-7-12(11)24-16/h4-8,13H,9H2,1-3H3. The molecule has 1 amide bonds. The van der Waals surface area contributed by atoms with Crippen LogP contribution in [0.5, 0.6) is 0 Å². The van der Waals surface area contributed by atoms with Gasteiger partial charge in [-0.3, -0.25) is 14.0 Å². The molecule has 0 saturated carbocycles. The van der Waals surface area contributed by atoms with Gasteiger partial charge in [-0.05, 0) is 12.1 Å². The molecule has 0 spiro atoms. The topological polar surface area (TPSA) is 73.1 Å². The van der Waals surface area contributed by atoms with Crippen LogP contribution in [0, 0.1) is 0 Å². The van der Waals surface area contributed by atoms with Crippen LogP contribution in [0.3, 0.4) is 0 Å². The average Bonchev–Trinajstić information content (AvgIpc) is 2.98. The summed E-state index contributed by atoms with van der Waals surface area (Å²) in [4.78, 5) is 31.6. The number of nitrogens with zero attached hydrogens (tertiary/aromatic N) is 3. The molecule has 0 unspecified atom stereocenters. The van der Waals surface area contributed by atoms with E-state index in [0.717, 1.165) is 10.2 Å². The summed E-state index contributed by atoms with van der Waals surface area (Å²) in [6.45, 7) is 0.207. The number of ether oxygens (including phenoxy) is 2. The molecule has 0 aliphatic heterocycles. The van der Waals surface area contributed by atoms with Crippen molar-refractivity contribution in [3.8, 4) is 0 Å². The molecular weight excluding hydrogens is 330 g/mol. The van der Waals surface area contributed by atoms with Crippen molar-refractivity contribution in [3.05, 3.63) is 46.4 Å². The average molecular weight is 347 g/mol. The van der Waals surface area contributed by atoms with Crippen LogP contribution in [-0.4, -0.2) is 54.3 Å². The summed E-state index contributed by atoms with van der Waals surface area (Å²) in [7, 11) is 4.58. The Kier molecular flexibility index (Phi) is 4.61. The van der Waals surface area contributed by atoms with E-state index in [4.69, 9.17) is 9.47 Å². The minimum Gasteiger partial charge on any atom is -0.354 e. The number of amides is 1. The molecule has 0 N–H and O–H groups in total. The number of methoxy groups -OCH3 is 2. The van der Waals surface area contributed by atoms with Crippen molar-refractivity contribution in [3.63, 3.8) is 0 Å². The van der Waals surface area contributed by atoms with Gasteiger partial charge in [0.1, 0.15) is 5.56 Å². The molecule has 0 radical (unpaired) electrons. The van der Waals surface area contributed by atoms with Crippen LogP contribution < -0.4 is 5.56 Å². The number of hydrogen-bond acceptors (Lipinski definition) is 6. The number of carbonyl (C=O) groups excluding carboxylic acids is 1. The summed E-state index contributed by atoms with van der Waals surface area (Å²) in [6.07, 6.45) is 0.779. The Morgan fingerprint density at radius 2 is 2.04 bits per heavy atom. The van der Waals surface area contributed by atoms with E-state index in [1.165, 1.54) is 41.1 Å².